The van der Waals surface area contributed by atoms with Gasteiger partial charge >= 0.3 is 0 Å². The molecule has 18 heavy (non-hydrogen) atoms. The van der Waals surface area contributed by atoms with E-state index >= 15 is 0 Å². The number of nitrogen functional groups attached to an aromatic ring is 1. The SMILES string of the molecule is CCc1nccn1Cc1cccc([N+](=O)[O-])c1N. The third-order valence-corrected chi connectivity index (χ3v) is 2.83. The Hall–Kier alpha value is -2.37. The van der Waals surface area contributed by atoms with Gasteiger partial charge in [-0.2, -0.15) is 0 Å². The highest BCUT2D eigenvalue weighted by molar-refractivity contribution is 5.63. The molecule has 0 aliphatic rings. The molecular weight excluding hydrogens is 232 g/mol. The third kappa shape index (κ3) is 2.17. The van der Waals surface area contributed by atoms with Crippen molar-refractivity contribution in [1.29, 1.82) is 0 Å². The first kappa shape index (κ1) is 12.1. The van der Waals surface area contributed by atoms with Crippen molar-refractivity contribution < 1.29 is 4.92 Å². The Morgan fingerprint density at radius 2 is 2.28 bits per heavy atom. The Morgan fingerprint density at radius 1 is 1.50 bits per heavy atom. The van der Waals surface area contributed by atoms with Gasteiger partial charge in [-0.05, 0) is 0 Å². The average molecular weight is 246 g/mol. The molecule has 0 fully saturated rings. The lowest BCUT2D eigenvalue weighted by molar-refractivity contribution is -0.383. The van der Waals surface area contributed by atoms with Crippen LogP contribution in [0, 0.1) is 10.1 Å². The van der Waals surface area contributed by atoms with E-state index in [1.165, 1.54) is 6.07 Å². The number of nitrogens with two attached hydrogens (primary N) is 1. The van der Waals surface area contributed by atoms with Crippen LogP contribution in [-0.4, -0.2) is 14.5 Å². The standard InChI is InChI=1S/C12H14N4O2/c1-2-11-14-6-7-15(11)8-9-4-3-5-10(12(9)13)16(17)18/h3-7H,2,8,13H2,1H3. The number of anilines is 1. The monoisotopic (exact) mass is 246 g/mol. The van der Waals surface area contributed by atoms with Crippen molar-refractivity contribution >= 4 is 11.4 Å². The van der Waals surface area contributed by atoms with E-state index < -0.39 is 4.92 Å². The van der Waals surface area contributed by atoms with Crippen molar-refractivity contribution in [2.75, 3.05) is 5.73 Å². The summed E-state index contributed by atoms with van der Waals surface area (Å²) in [5.74, 6) is 0.931. The van der Waals surface area contributed by atoms with Crippen LogP contribution in [0.5, 0.6) is 0 Å². The lowest BCUT2D eigenvalue weighted by atomic mass is 10.1. The van der Waals surface area contributed by atoms with Crippen LogP contribution >= 0.6 is 0 Å². The molecule has 0 bridgehead atoms. The number of nitro benzene ring substituents is 1. The van der Waals surface area contributed by atoms with Crippen molar-refractivity contribution in [3.63, 3.8) is 0 Å². The van der Waals surface area contributed by atoms with Crippen LogP contribution in [0.1, 0.15) is 18.3 Å². The van der Waals surface area contributed by atoms with Crippen LogP contribution in [0.25, 0.3) is 0 Å². The second-order valence-corrected chi connectivity index (χ2v) is 3.93. The Kier molecular flexibility index (Phi) is 3.27. The molecule has 0 saturated heterocycles. The minimum absolute atomic E-state index is 0.0503. The summed E-state index contributed by atoms with van der Waals surface area (Å²) in [6, 6.07) is 4.85. The highest BCUT2D eigenvalue weighted by Crippen LogP contribution is 2.25. The Balaban J connectivity index is 2.35. The maximum Gasteiger partial charge on any atom is 0.292 e. The molecule has 6 nitrogen and oxygen atoms in total. The maximum atomic E-state index is 10.8. The summed E-state index contributed by atoms with van der Waals surface area (Å²) in [6.45, 7) is 2.51. The van der Waals surface area contributed by atoms with Crippen LogP contribution < -0.4 is 5.73 Å². The molecule has 2 aromatic rings. The van der Waals surface area contributed by atoms with Gasteiger partial charge in [-0.15, -0.1) is 0 Å². The number of hydrogen-bond donors (Lipinski definition) is 1. The number of aryl methyl sites for hydroxylation is 1. The van der Waals surface area contributed by atoms with Gasteiger partial charge in [-0.25, -0.2) is 4.98 Å². The first-order valence-corrected chi connectivity index (χ1v) is 5.65. The molecule has 0 aliphatic heterocycles. The fourth-order valence-electron chi connectivity index (χ4n) is 1.88. The summed E-state index contributed by atoms with van der Waals surface area (Å²) in [6.07, 6.45) is 4.37. The smallest absolute Gasteiger partial charge is 0.292 e. The zero-order valence-electron chi connectivity index (χ0n) is 10.0. The maximum absolute atomic E-state index is 10.8. The number of benzene rings is 1. The molecule has 0 aliphatic carbocycles. The second-order valence-electron chi connectivity index (χ2n) is 3.93. The van der Waals surface area contributed by atoms with Crippen LogP contribution in [-0.2, 0) is 13.0 Å². The number of aromatic nitrogens is 2. The molecule has 6 heteroatoms. The summed E-state index contributed by atoms with van der Waals surface area (Å²) < 4.78 is 1.94. The lowest BCUT2D eigenvalue weighted by Crippen LogP contribution is -2.07. The molecule has 1 aromatic carbocycles. The molecule has 1 heterocycles. The van der Waals surface area contributed by atoms with E-state index in [1.54, 1.807) is 18.3 Å². The van der Waals surface area contributed by atoms with Crippen molar-refractivity contribution in [2.24, 2.45) is 0 Å². The summed E-state index contributed by atoms with van der Waals surface area (Å²) in [4.78, 5) is 14.5. The number of rotatable bonds is 4. The summed E-state index contributed by atoms with van der Waals surface area (Å²) >= 11 is 0. The number of hydrogen-bond acceptors (Lipinski definition) is 4. The number of nitro groups is 1. The second kappa shape index (κ2) is 4.87. The van der Waals surface area contributed by atoms with Gasteiger partial charge < -0.3 is 10.3 Å². The molecule has 2 rings (SSSR count). The van der Waals surface area contributed by atoms with E-state index in [9.17, 15) is 10.1 Å². The molecule has 0 atom stereocenters. The fourth-order valence-corrected chi connectivity index (χ4v) is 1.88. The normalized spacial score (nSPS) is 10.5. The zero-order valence-corrected chi connectivity index (χ0v) is 10.0. The molecule has 0 spiro atoms. The topological polar surface area (TPSA) is 87.0 Å². The van der Waals surface area contributed by atoms with E-state index in [1.807, 2.05) is 17.7 Å². The number of nitrogens with zero attached hydrogens (tertiary/aromatic N) is 3. The first-order valence-electron chi connectivity index (χ1n) is 5.65. The van der Waals surface area contributed by atoms with Crippen LogP contribution in [0.15, 0.2) is 30.6 Å². The molecule has 2 N–H and O–H groups in total. The summed E-state index contributed by atoms with van der Waals surface area (Å²) in [5, 5.41) is 10.8. The van der Waals surface area contributed by atoms with Crippen molar-refractivity contribution in [3.05, 3.63) is 52.1 Å². The Labute approximate surface area is 104 Å². The Bertz CT molecular complexity index is 577. The van der Waals surface area contributed by atoms with Gasteiger partial charge in [0.1, 0.15) is 11.5 Å². The number of imidazole rings is 1. The van der Waals surface area contributed by atoms with E-state index in [2.05, 4.69) is 4.98 Å². The minimum Gasteiger partial charge on any atom is -0.393 e. The van der Waals surface area contributed by atoms with Gasteiger partial charge in [-0.3, -0.25) is 10.1 Å². The molecule has 94 valence electrons. The van der Waals surface area contributed by atoms with Crippen molar-refractivity contribution in [3.8, 4) is 0 Å². The largest absolute Gasteiger partial charge is 0.393 e. The highest BCUT2D eigenvalue weighted by Gasteiger charge is 2.14. The van der Waals surface area contributed by atoms with Gasteiger partial charge in [0.15, 0.2) is 0 Å². The van der Waals surface area contributed by atoms with Gasteiger partial charge in [0, 0.05) is 30.4 Å². The van der Waals surface area contributed by atoms with E-state index in [4.69, 9.17) is 5.73 Å². The molecule has 0 saturated carbocycles. The predicted octanol–water partition coefficient (Wildman–Crippen LogP) is 1.98. The third-order valence-electron chi connectivity index (χ3n) is 2.83. The molecule has 0 radical (unpaired) electrons. The zero-order chi connectivity index (χ0) is 13.1. The fraction of sp³-hybridized carbons (Fsp3) is 0.250. The molecule has 0 amide bonds. The Morgan fingerprint density at radius 3 is 2.94 bits per heavy atom. The van der Waals surface area contributed by atoms with E-state index in [0.29, 0.717) is 6.54 Å². The van der Waals surface area contributed by atoms with Crippen molar-refractivity contribution in [2.45, 2.75) is 19.9 Å². The minimum atomic E-state index is -0.465. The van der Waals surface area contributed by atoms with E-state index in [0.717, 1.165) is 17.8 Å². The first-order chi connectivity index (χ1) is 8.63. The van der Waals surface area contributed by atoms with Crippen molar-refractivity contribution in [1.82, 2.24) is 9.55 Å². The molecule has 1 aromatic heterocycles. The van der Waals surface area contributed by atoms with Crippen LogP contribution in [0.2, 0.25) is 0 Å². The lowest BCUT2D eigenvalue weighted by Gasteiger charge is -2.09. The van der Waals surface area contributed by atoms with E-state index in [-0.39, 0.29) is 11.4 Å². The van der Waals surface area contributed by atoms with Gasteiger partial charge in [-0.1, -0.05) is 19.1 Å². The van der Waals surface area contributed by atoms with Gasteiger partial charge in [0.2, 0.25) is 0 Å². The molecule has 0 unspecified atom stereocenters. The van der Waals surface area contributed by atoms with Gasteiger partial charge in [0.05, 0.1) is 11.5 Å². The van der Waals surface area contributed by atoms with Crippen LogP contribution in [0.3, 0.4) is 0 Å². The van der Waals surface area contributed by atoms with Crippen LogP contribution in [0.4, 0.5) is 11.4 Å². The molecular formula is C12H14N4O2. The number of para-hydroxylation sites is 1. The summed E-state index contributed by atoms with van der Waals surface area (Å²) in [7, 11) is 0. The van der Waals surface area contributed by atoms with Gasteiger partial charge in [0.25, 0.3) is 5.69 Å². The predicted molar refractivity (Wildman–Crippen MR) is 68.2 cm³/mol. The average Bonchev–Trinajstić information content (AvgIpc) is 2.78. The highest BCUT2D eigenvalue weighted by atomic mass is 16.6. The quantitative estimate of drug-likeness (QED) is 0.507. The summed E-state index contributed by atoms with van der Waals surface area (Å²) in [5.41, 5.74) is 6.72.